The molecule has 1 amide bonds. The van der Waals surface area contributed by atoms with Gasteiger partial charge in [-0.15, -0.1) is 5.48 Å². The van der Waals surface area contributed by atoms with Gasteiger partial charge in [0.15, 0.2) is 14.6 Å². The summed E-state index contributed by atoms with van der Waals surface area (Å²) in [6.07, 6.45) is 2.26. The van der Waals surface area contributed by atoms with Gasteiger partial charge in [-0.25, -0.2) is 12.8 Å². The first-order valence-electron chi connectivity index (χ1n) is 12.1. The van der Waals surface area contributed by atoms with Crippen LogP contribution in [0.1, 0.15) is 32.8 Å². The third kappa shape index (κ3) is 6.29. The third-order valence-corrected chi connectivity index (χ3v) is 9.02. The van der Waals surface area contributed by atoms with Crippen LogP contribution < -0.4 is 16.4 Å². The lowest BCUT2D eigenvalue weighted by atomic mass is 10.00. The lowest BCUT2D eigenvalue weighted by molar-refractivity contribution is -0.131. The van der Waals surface area contributed by atoms with Gasteiger partial charge in [-0.1, -0.05) is 18.2 Å². The number of hydrogen-bond acceptors (Lipinski definition) is 6. The van der Waals surface area contributed by atoms with Crippen molar-refractivity contribution in [1.82, 2.24) is 15.4 Å². The Morgan fingerprint density at radius 1 is 1.13 bits per heavy atom. The Morgan fingerprint density at radius 2 is 1.84 bits per heavy atom. The lowest BCUT2D eigenvalue weighted by Gasteiger charge is -2.24. The quantitative estimate of drug-likeness (QED) is 0.279. The molecule has 2 aromatic carbocycles. The second-order valence-electron chi connectivity index (χ2n) is 10.2. The predicted molar refractivity (Wildman–Crippen MR) is 146 cm³/mol. The molecule has 1 aromatic heterocycles. The maximum absolute atomic E-state index is 15.0. The number of fused-ring (bicyclic) bond motifs is 1. The zero-order valence-electron chi connectivity index (χ0n) is 22.2. The number of rotatable bonds is 11. The van der Waals surface area contributed by atoms with Gasteiger partial charge in [0.05, 0.1) is 5.60 Å². The van der Waals surface area contributed by atoms with E-state index in [1.54, 1.807) is 42.9 Å². The number of benzene rings is 2. The average Bonchev–Trinajstić information content (AvgIpc) is 2.86. The number of carbonyl (C=O) groups is 1. The minimum Gasteiger partial charge on any atom is -0.377 e. The molecule has 0 bridgehead atoms. The van der Waals surface area contributed by atoms with E-state index in [4.69, 9.17) is 9.94 Å². The van der Waals surface area contributed by atoms with Crippen molar-refractivity contribution in [3.63, 3.8) is 0 Å². The van der Waals surface area contributed by atoms with Crippen LogP contribution in [0.15, 0.2) is 53.5 Å². The summed E-state index contributed by atoms with van der Waals surface area (Å²) in [6, 6.07) is 11.7. The van der Waals surface area contributed by atoms with Crippen molar-refractivity contribution >= 4 is 26.5 Å². The van der Waals surface area contributed by atoms with Crippen LogP contribution in [0.5, 0.6) is 0 Å². The van der Waals surface area contributed by atoms with Gasteiger partial charge in [0.25, 0.3) is 5.56 Å². The van der Waals surface area contributed by atoms with E-state index in [0.717, 1.165) is 11.8 Å². The van der Waals surface area contributed by atoms with Crippen LogP contribution >= 0.6 is 0 Å². The molecule has 1 heterocycles. The van der Waals surface area contributed by atoms with E-state index in [-0.39, 0.29) is 29.9 Å². The van der Waals surface area contributed by atoms with Gasteiger partial charge in [-0.3, -0.25) is 9.59 Å². The number of carbonyl (C=O) groups excluding carboxylic acids is 1. The molecule has 0 saturated heterocycles. The van der Waals surface area contributed by atoms with Crippen molar-refractivity contribution in [2.45, 2.75) is 50.6 Å². The van der Waals surface area contributed by atoms with Gasteiger partial charge < -0.3 is 19.8 Å². The minimum atomic E-state index is -3.85. The number of aryl methyl sites for hydroxylation is 1. The maximum atomic E-state index is 15.0. The molecule has 0 radical (unpaired) electrons. The number of methoxy groups -OCH3 is 1. The molecule has 9 nitrogen and oxygen atoms in total. The monoisotopic (exact) mass is 548 g/mol. The third-order valence-electron chi connectivity index (χ3n) is 7.00. The van der Waals surface area contributed by atoms with Gasteiger partial charge in [-0.05, 0) is 68.0 Å². The summed E-state index contributed by atoms with van der Waals surface area (Å²) >= 11 is 0. The zero-order valence-corrected chi connectivity index (χ0v) is 23.0. The molecular formula is C27H35FN3O6S+. The molecule has 0 unspecified atom stereocenters. The highest BCUT2D eigenvalue weighted by Crippen LogP contribution is 2.27. The Labute approximate surface area is 221 Å². The fourth-order valence-electron chi connectivity index (χ4n) is 4.05. The maximum Gasteiger partial charge on any atom is 0.304 e. The molecule has 11 heteroatoms. The van der Waals surface area contributed by atoms with Crippen molar-refractivity contribution in [1.29, 1.82) is 0 Å². The predicted octanol–water partition coefficient (Wildman–Crippen LogP) is 2.27. The summed E-state index contributed by atoms with van der Waals surface area (Å²) < 4.78 is 44.3. The number of amides is 1. The fraction of sp³-hybridized carbons (Fsp3) is 0.407. The van der Waals surface area contributed by atoms with Gasteiger partial charge >= 0.3 is 5.91 Å². The summed E-state index contributed by atoms with van der Waals surface area (Å²) in [6.45, 7) is 6.22. The molecule has 4 N–H and O–H groups in total. The Kier molecular flexibility index (Phi) is 8.77. The van der Waals surface area contributed by atoms with Crippen LogP contribution in [0, 0.1) is 5.82 Å². The van der Waals surface area contributed by atoms with Gasteiger partial charge in [0, 0.05) is 50.1 Å². The average molecular weight is 549 g/mol. The smallest absolute Gasteiger partial charge is 0.304 e. The highest BCUT2D eigenvalue weighted by molar-refractivity contribution is 7.92. The number of hydroxylamine groups is 1. The van der Waals surface area contributed by atoms with Crippen molar-refractivity contribution in [3.05, 3.63) is 70.4 Å². The van der Waals surface area contributed by atoms with E-state index < -0.39 is 20.5 Å². The van der Waals surface area contributed by atoms with E-state index in [0.29, 0.717) is 35.0 Å². The van der Waals surface area contributed by atoms with E-state index >= 15 is 0 Å². The van der Waals surface area contributed by atoms with E-state index in [9.17, 15) is 22.4 Å². The van der Waals surface area contributed by atoms with E-state index in [1.807, 2.05) is 19.9 Å². The normalized spacial score (nSPS) is 13.9. The molecule has 0 spiro atoms. The number of nitrogens with zero attached hydrogens (tertiary/aromatic N) is 1. The van der Waals surface area contributed by atoms with Crippen LogP contribution in [0.4, 0.5) is 4.39 Å². The highest BCUT2D eigenvalue weighted by Gasteiger charge is 2.44. The van der Waals surface area contributed by atoms with Crippen LogP contribution in [-0.2, 0) is 32.5 Å². The zero-order chi connectivity index (χ0) is 28.3. The largest absolute Gasteiger partial charge is 0.377 e. The van der Waals surface area contributed by atoms with Crippen molar-refractivity contribution < 1.29 is 27.5 Å². The molecule has 1 atom stereocenters. The second-order valence-corrected chi connectivity index (χ2v) is 12.7. The van der Waals surface area contributed by atoms with Crippen LogP contribution in [-0.4, -0.2) is 54.4 Å². The first-order chi connectivity index (χ1) is 17.7. The Morgan fingerprint density at radius 3 is 2.45 bits per heavy atom. The number of aromatic nitrogens is 1. The molecule has 0 aliphatic carbocycles. The van der Waals surface area contributed by atoms with Gasteiger partial charge in [0.1, 0.15) is 5.82 Å². The number of ether oxygens (including phenoxy) is 1. The standard InChI is InChI=1S/C27H34FN3O6S/c1-26(2,37-4)17-29-16-18-6-8-21(23(28)14-18)19-7-9-22-20(15-19)10-12-31(24(22)32)13-11-27(3,25(33)30-34)38(5,35)36/h6-10,12,14-15,29,34H,11,13,16-17H2,1-5H3,(H,30,33)/p+1/t27-/m1/s1. The summed E-state index contributed by atoms with van der Waals surface area (Å²) in [5, 5.41) is 11.3. The van der Waals surface area contributed by atoms with E-state index in [1.165, 1.54) is 23.8 Å². The number of pyridine rings is 1. The van der Waals surface area contributed by atoms with Crippen LogP contribution in [0.25, 0.3) is 21.9 Å². The summed E-state index contributed by atoms with van der Waals surface area (Å²) in [4.78, 5) is 25.2. The Balaban J connectivity index is 1.82. The molecule has 0 aliphatic rings. The molecule has 0 aliphatic heterocycles. The summed E-state index contributed by atoms with van der Waals surface area (Å²) in [5.74, 6) is -1.34. The summed E-state index contributed by atoms with van der Waals surface area (Å²) in [7, 11) is -2.21. The lowest BCUT2D eigenvalue weighted by Crippen LogP contribution is -2.49. The highest BCUT2D eigenvalue weighted by atomic mass is 32.2. The van der Waals surface area contributed by atoms with Gasteiger partial charge in [-0.2, -0.15) is 0 Å². The SMILES string of the molecule is COC(C)(C)CNCc1ccc(-c2ccc3c(=O)n(CC[C@](C)(C(=O)N[OH2+])S(C)(=O)=O)ccc3c2)c(F)c1. The minimum absolute atomic E-state index is 0.0425. The molecule has 0 fully saturated rings. The van der Waals surface area contributed by atoms with Crippen molar-refractivity contribution in [3.8, 4) is 11.1 Å². The molecule has 0 saturated carbocycles. The van der Waals surface area contributed by atoms with Gasteiger partial charge in [0.2, 0.25) is 0 Å². The first kappa shape index (κ1) is 29.4. The van der Waals surface area contributed by atoms with Crippen LogP contribution in [0.3, 0.4) is 0 Å². The number of halogens is 1. The molecular weight excluding hydrogens is 513 g/mol. The number of sulfone groups is 1. The van der Waals surface area contributed by atoms with Crippen LogP contribution in [0.2, 0.25) is 0 Å². The molecule has 3 rings (SSSR count). The van der Waals surface area contributed by atoms with Crippen molar-refractivity contribution in [2.24, 2.45) is 0 Å². The second kappa shape index (κ2) is 11.3. The van der Waals surface area contributed by atoms with E-state index in [2.05, 4.69) is 5.32 Å². The Bertz CT molecular complexity index is 1500. The fourth-order valence-corrected chi connectivity index (χ4v) is 4.90. The number of nitrogens with one attached hydrogen (secondary N) is 2. The Hall–Kier alpha value is -3.12. The summed E-state index contributed by atoms with van der Waals surface area (Å²) in [5.41, 5.74) is 2.77. The topological polar surface area (TPSA) is 129 Å². The van der Waals surface area contributed by atoms with Crippen molar-refractivity contribution in [2.75, 3.05) is 19.9 Å². The molecule has 3 aromatic rings. The molecule has 206 valence electrons. The first-order valence-corrected chi connectivity index (χ1v) is 14.0. The molecule has 38 heavy (non-hydrogen) atoms. The number of hydrogen-bond donors (Lipinski definition) is 2.